The predicted molar refractivity (Wildman–Crippen MR) is 66.3 cm³/mol. The lowest BCUT2D eigenvalue weighted by Crippen LogP contribution is -2.40. The fraction of sp³-hybridized carbons (Fsp3) is 1.00. The van der Waals surface area contributed by atoms with Gasteiger partial charge in [0.15, 0.2) is 0 Å². The van der Waals surface area contributed by atoms with Gasteiger partial charge in [-0.15, -0.1) is 0 Å². The Balaban J connectivity index is 1.58. The minimum absolute atomic E-state index is 0.444. The van der Waals surface area contributed by atoms with Crippen LogP contribution in [0.3, 0.4) is 0 Å². The van der Waals surface area contributed by atoms with Gasteiger partial charge in [-0.25, -0.2) is 0 Å². The molecule has 0 spiro atoms. The molecule has 1 aliphatic heterocycles. The van der Waals surface area contributed by atoms with E-state index in [9.17, 15) is 0 Å². The molecule has 1 saturated heterocycles. The molecule has 1 aliphatic carbocycles. The van der Waals surface area contributed by atoms with Gasteiger partial charge in [0, 0.05) is 13.2 Å². The highest BCUT2D eigenvalue weighted by atomic mass is 16.5. The normalized spacial score (nSPS) is 32.6. The van der Waals surface area contributed by atoms with Crippen LogP contribution in [-0.4, -0.2) is 32.3 Å². The van der Waals surface area contributed by atoms with Crippen LogP contribution in [0.5, 0.6) is 0 Å². The maximum absolute atomic E-state index is 5.85. The van der Waals surface area contributed by atoms with Crippen molar-refractivity contribution in [3.8, 4) is 0 Å². The van der Waals surface area contributed by atoms with Gasteiger partial charge in [-0.1, -0.05) is 6.42 Å². The smallest absolute Gasteiger partial charge is 0.0588 e. The van der Waals surface area contributed by atoms with Crippen LogP contribution < -0.4 is 11.1 Å². The van der Waals surface area contributed by atoms with Gasteiger partial charge in [0.05, 0.1) is 6.10 Å². The first-order valence-corrected chi connectivity index (χ1v) is 6.78. The molecule has 16 heavy (non-hydrogen) atoms. The lowest BCUT2D eigenvalue weighted by Gasteiger charge is -2.41. The Hall–Kier alpha value is -0.120. The Labute approximate surface area is 99.1 Å². The average molecular weight is 226 g/mol. The summed E-state index contributed by atoms with van der Waals surface area (Å²) in [4.78, 5) is 0. The van der Waals surface area contributed by atoms with Crippen LogP contribution in [0.4, 0.5) is 0 Å². The van der Waals surface area contributed by atoms with E-state index in [1.807, 2.05) is 0 Å². The second-order valence-corrected chi connectivity index (χ2v) is 5.64. The molecule has 2 rings (SSSR count). The van der Waals surface area contributed by atoms with Gasteiger partial charge < -0.3 is 15.8 Å². The van der Waals surface area contributed by atoms with Crippen LogP contribution in [0.2, 0.25) is 0 Å². The lowest BCUT2D eigenvalue weighted by molar-refractivity contribution is 0.103. The zero-order valence-electron chi connectivity index (χ0n) is 10.5. The molecule has 2 aliphatic rings. The first-order chi connectivity index (χ1) is 7.76. The van der Waals surface area contributed by atoms with Crippen molar-refractivity contribution in [1.29, 1.82) is 0 Å². The molecule has 0 radical (unpaired) electrons. The molecular weight excluding hydrogens is 200 g/mol. The van der Waals surface area contributed by atoms with Crippen molar-refractivity contribution in [2.75, 3.05) is 26.2 Å². The summed E-state index contributed by atoms with van der Waals surface area (Å²) in [6, 6.07) is 0. The minimum Gasteiger partial charge on any atom is -0.378 e. The van der Waals surface area contributed by atoms with Gasteiger partial charge in [0.1, 0.15) is 0 Å². The number of rotatable bonds is 6. The van der Waals surface area contributed by atoms with Crippen LogP contribution >= 0.6 is 0 Å². The number of hydrogen-bond donors (Lipinski definition) is 2. The van der Waals surface area contributed by atoms with Crippen LogP contribution in [0, 0.1) is 11.3 Å². The molecule has 2 unspecified atom stereocenters. The monoisotopic (exact) mass is 226 g/mol. The quantitative estimate of drug-likeness (QED) is 0.675. The summed E-state index contributed by atoms with van der Waals surface area (Å²) < 4.78 is 5.56. The SMILES string of the molecule is CC1OCCC1CNCCC1(CN)CCC1. The van der Waals surface area contributed by atoms with Crippen molar-refractivity contribution in [2.45, 2.75) is 45.1 Å². The molecule has 1 saturated carbocycles. The summed E-state index contributed by atoms with van der Waals surface area (Å²) in [5, 5.41) is 3.58. The third kappa shape index (κ3) is 2.76. The van der Waals surface area contributed by atoms with Gasteiger partial charge in [-0.3, -0.25) is 0 Å². The molecule has 0 aromatic carbocycles. The maximum atomic E-state index is 5.85. The van der Waals surface area contributed by atoms with Gasteiger partial charge >= 0.3 is 0 Å². The molecule has 0 aromatic heterocycles. The summed E-state index contributed by atoms with van der Waals surface area (Å²) in [7, 11) is 0. The van der Waals surface area contributed by atoms with E-state index >= 15 is 0 Å². The molecule has 0 aromatic rings. The molecule has 2 fully saturated rings. The summed E-state index contributed by atoms with van der Waals surface area (Å²) in [5.74, 6) is 0.718. The largest absolute Gasteiger partial charge is 0.378 e. The molecule has 94 valence electrons. The van der Waals surface area contributed by atoms with Gasteiger partial charge in [0.2, 0.25) is 0 Å². The second kappa shape index (κ2) is 5.48. The van der Waals surface area contributed by atoms with Gasteiger partial charge in [-0.05, 0) is 57.0 Å². The summed E-state index contributed by atoms with van der Waals surface area (Å²) in [6.45, 7) is 6.24. The van der Waals surface area contributed by atoms with Crippen LogP contribution in [0.1, 0.15) is 39.0 Å². The lowest BCUT2D eigenvalue weighted by atomic mass is 9.67. The number of nitrogens with two attached hydrogens (primary N) is 1. The van der Waals surface area contributed by atoms with Crippen molar-refractivity contribution in [2.24, 2.45) is 17.1 Å². The molecule has 2 atom stereocenters. The van der Waals surface area contributed by atoms with Crippen LogP contribution in [-0.2, 0) is 4.74 Å². The third-order valence-corrected chi connectivity index (χ3v) is 4.62. The van der Waals surface area contributed by atoms with Gasteiger partial charge in [-0.2, -0.15) is 0 Å². The van der Waals surface area contributed by atoms with Crippen molar-refractivity contribution >= 4 is 0 Å². The molecule has 0 amide bonds. The first-order valence-electron chi connectivity index (χ1n) is 6.78. The van der Waals surface area contributed by atoms with Crippen molar-refractivity contribution in [3.63, 3.8) is 0 Å². The van der Waals surface area contributed by atoms with E-state index in [2.05, 4.69) is 12.2 Å². The van der Waals surface area contributed by atoms with E-state index in [0.717, 1.165) is 32.2 Å². The number of hydrogen-bond acceptors (Lipinski definition) is 3. The molecule has 3 heteroatoms. The van der Waals surface area contributed by atoms with E-state index in [1.165, 1.54) is 32.1 Å². The van der Waals surface area contributed by atoms with E-state index in [-0.39, 0.29) is 0 Å². The zero-order valence-corrected chi connectivity index (χ0v) is 10.5. The first kappa shape index (κ1) is 12.3. The van der Waals surface area contributed by atoms with Crippen molar-refractivity contribution in [3.05, 3.63) is 0 Å². The Morgan fingerprint density at radius 1 is 1.44 bits per heavy atom. The van der Waals surface area contributed by atoms with E-state index in [1.54, 1.807) is 0 Å². The van der Waals surface area contributed by atoms with Crippen LogP contribution in [0.15, 0.2) is 0 Å². The van der Waals surface area contributed by atoms with Crippen molar-refractivity contribution in [1.82, 2.24) is 5.32 Å². The molecule has 3 nitrogen and oxygen atoms in total. The van der Waals surface area contributed by atoms with Gasteiger partial charge in [0.25, 0.3) is 0 Å². The summed E-state index contributed by atoms with van der Waals surface area (Å²) in [5.41, 5.74) is 6.34. The zero-order chi connectivity index (χ0) is 11.4. The van der Waals surface area contributed by atoms with E-state index in [0.29, 0.717) is 11.5 Å². The second-order valence-electron chi connectivity index (χ2n) is 5.64. The van der Waals surface area contributed by atoms with Crippen molar-refractivity contribution < 1.29 is 4.74 Å². The molecule has 3 N–H and O–H groups in total. The standard InChI is InChI=1S/C13H26N2O/c1-11-12(3-8-16-11)9-15-7-6-13(10-14)4-2-5-13/h11-12,15H,2-10,14H2,1H3. The highest BCUT2D eigenvalue weighted by Crippen LogP contribution is 2.42. The minimum atomic E-state index is 0.444. The summed E-state index contributed by atoms with van der Waals surface area (Å²) >= 11 is 0. The Morgan fingerprint density at radius 3 is 2.75 bits per heavy atom. The molecular formula is C13H26N2O. The molecule has 0 bridgehead atoms. The summed E-state index contributed by atoms with van der Waals surface area (Å²) in [6.07, 6.45) is 6.98. The van der Waals surface area contributed by atoms with Crippen LogP contribution in [0.25, 0.3) is 0 Å². The Kier molecular flexibility index (Phi) is 4.22. The number of ether oxygens (including phenoxy) is 1. The number of nitrogens with one attached hydrogen (secondary N) is 1. The fourth-order valence-electron chi connectivity index (χ4n) is 2.92. The fourth-order valence-corrected chi connectivity index (χ4v) is 2.92. The van der Waals surface area contributed by atoms with E-state index < -0.39 is 0 Å². The highest BCUT2D eigenvalue weighted by Gasteiger charge is 2.34. The van der Waals surface area contributed by atoms with E-state index in [4.69, 9.17) is 10.5 Å². The predicted octanol–water partition coefficient (Wildman–Crippen LogP) is 1.52. The third-order valence-electron chi connectivity index (χ3n) is 4.62. The Bertz CT molecular complexity index is 210. The highest BCUT2D eigenvalue weighted by molar-refractivity contribution is 4.89. The topological polar surface area (TPSA) is 47.3 Å². The molecule has 1 heterocycles. The average Bonchev–Trinajstić information content (AvgIpc) is 2.62. The maximum Gasteiger partial charge on any atom is 0.0588 e. The Morgan fingerprint density at radius 2 is 2.25 bits per heavy atom.